The molecule has 0 amide bonds. The van der Waals surface area contributed by atoms with Gasteiger partial charge in [0.05, 0.1) is 0 Å². The van der Waals surface area contributed by atoms with Gasteiger partial charge >= 0.3 is 0 Å². The fourth-order valence-electron chi connectivity index (χ4n) is 1.61. The minimum absolute atomic E-state index is 0.237. The summed E-state index contributed by atoms with van der Waals surface area (Å²) >= 11 is 5.43. The van der Waals surface area contributed by atoms with E-state index in [1.807, 2.05) is 30.3 Å². The Morgan fingerprint density at radius 2 is 1.86 bits per heavy atom. The van der Waals surface area contributed by atoms with Crippen LogP contribution < -0.4 is 0 Å². The molecule has 0 aliphatic heterocycles. The summed E-state index contributed by atoms with van der Waals surface area (Å²) < 4.78 is 0. The van der Waals surface area contributed by atoms with Crippen LogP contribution in [0.5, 0.6) is 0 Å². The Hall–Kier alpha value is -0.820. The molecular formula is C12H15ClO. The van der Waals surface area contributed by atoms with E-state index in [0.29, 0.717) is 12.3 Å². The molecule has 0 heterocycles. The minimum atomic E-state index is -0.257. The number of hydrogen-bond acceptors (Lipinski definition) is 1. The number of hydrogen-bond donors (Lipinski definition) is 0. The molecule has 0 aromatic heterocycles. The molecule has 1 aromatic rings. The lowest BCUT2D eigenvalue weighted by Gasteiger charge is -2.19. The molecular weight excluding hydrogens is 196 g/mol. The minimum Gasteiger partial charge on any atom is -0.281 e. The van der Waals surface area contributed by atoms with Crippen LogP contribution in [0.1, 0.15) is 31.7 Å². The fraction of sp³-hybridized carbons (Fsp3) is 0.417. The lowest BCUT2D eigenvalue weighted by molar-refractivity contribution is -0.112. The number of carbonyl (C=O) groups excluding carboxylic acids is 1. The van der Waals surface area contributed by atoms with E-state index in [4.69, 9.17) is 11.6 Å². The van der Waals surface area contributed by atoms with Gasteiger partial charge in [0, 0.05) is 6.42 Å². The van der Waals surface area contributed by atoms with Crippen LogP contribution in [0.2, 0.25) is 0 Å². The van der Waals surface area contributed by atoms with Gasteiger partial charge in [-0.3, -0.25) is 4.79 Å². The zero-order valence-electron chi connectivity index (χ0n) is 8.53. The van der Waals surface area contributed by atoms with Crippen LogP contribution >= 0.6 is 11.6 Å². The zero-order chi connectivity index (χ0) is 10.6. The molecule has 1 nitrogen and oxygen atoms in total. The Kier molecular flexibility index (Phi) is 4.15. The molecule has 1 aromatic carbocycles. The first kappa shape index (κ1) is 11.3. The number of benzene rings is 1. The van der Waals surface area contributed by atoms with Gasteiger partial charge in [-0.15, -0.1) is 0 Å². The molecule has 76 valence electrons. The number of rotatable bonds is 4. The molecule has 1 unspecified atom stereocenters. The molecule has 1 atom stereocenters. The molecule has 0 fully saturated rings. The van der Waals surface area contributed by atoms with Crippen molar-refractivity contribution in [1.29, 1.82) is 0 Å². The third-order valence-electron chi connectivity index (χ3n) is 2.41. The summed E-state index contributed by atoms with van der Waals surface area (Å²) in [5.74, 6) is 0.668. The normalized spacial score (nSPS) is 12.9. The van der Waals surface area contributed by atoms with Crippen molar-refractivity contribution >= 4 is 16.8 Å². The summed E-state index contributed by atoms with van der Waals surface area (Å²) in [6.07, 6.45) is 0.420. The van der Waals surface area contributed by atoms with Gasteiger partial charge in [-0.2, -0.15) is 0 Å². The zero-order valence-corrected chi connectivity index (χ0v) is 9.29. The van der Waals surface area contributed by atoms with Crippen LogP contribution in [0.25, 0.3) is 0 Å². The van der Waals surface area contributed by atoms with E-state index in [1.165, 1.54) is 5.56 Å². The molecule has 0 saturated heterocycles. The van der Waals surface area contributed by atoms with E-state index in [0.717, 1.165) is 0 Å². The van der Waals surface area contributed by atoms with Gasteiger partial charge in [0.2, 0.25) is 5.24 Å². The molecule has 0 radical (unpaired) electrons. The molecule has 2 heteroatoms. The van der Waals surface area contributed by atoms with Crippen LogP contribution in [0.3, 0.4) is 0 Å². The van der Waals surface area contributed by atoms with Gasteiger partial charge in [0.1, 0.15) is 0 Å². The van der Waals surface area contributed by atoms with Crippen molar-refractivity contribution in [1.82, 2.24) is 0 Å². The van der Waals surface area contributed by atoms with E-state index in [1.54, 1.807) is 0 Å². The van der Waals surface area contributed by atoms with E-state index in [9.17, 15) is 4.79 Å². The molecule has 1 rings (SSSR count). The molecule has 0 N–H and O–H groups in total. The smallest absolute Gasteiger partial charge is 0.222 e. The highest BCUT2D eigenvalue weighted by atomic mass is 35.5. The fourth-order valence-corrected chi connectivity index (χ4v) is 1.78. The Morgan fingerprint density at radius 3 is 2.29 bits per heavy atom. The lowest BCUT2D eigenvalue weighted by atomic mass is 9.86. The first-order valence-electron chi connectivity index (χ1n) is 4.84. The van der Waals surface area contributed by atoms with Gasteiger partial charge in [-0.1, -0.05) is 44.2 Å². The average molecular weight is 211 g/mol. The predicted octanol–water partition coefficient (Wildman–Crippen LogP) is 3.58. The summed E-state index contributed by atoms with van der Waals surface area (Å²) in [5, 5.41) is -0.257. The second kappa shape index (κ2) is 5.16. The maximum absolute atomic E-state index is 10.9. The Balaban J connectivity index is 2.83. The van der Waals surface area contributed by atoms with Crippen molar-refractivity contribution in [3.05, 3.63) is 35.9 Å². The third-order valence-corrected chi connectivity index (χ3v) is 2.57. The summed E-state index contributed by atoms with van der Waals surface area (Å²) in [4.78, 5) is 10.9. The Bertz CT molecular complexity index is 292. The summed E-state index contributed by atoms with van der Waals surface area (Å²) in [6, 6.07) is 10.0. The van der Waals surface area contributed by atoms with Crippen LogP contribution in [0.4, 0.5) is 0 Å². The molecule has 0 aliphatic carbocycles. The van der Waals surface area contributed by atoms with Crippen molar-refractivity contribution in [2.75, 3.05) is 0 Å². The van der Waals surface area contributed by atoms with Gasteiger partial charge in [0.25, 0.3) is 0 Å². The maximum Gasteiger partial charge on any atom is 0.222 e. The Morgan fingerprint density at radius 1 is 1.29 bits per heavy atom. The standard InChI is InChI=1S/C12H15ClO/c1-9(2)11(8-12(13)14)10-6-4-3-5-7-10/h3-7,9,11H,8H2,1-2H3. The van der Waals surface area contributed by atoms with Gasteiger partial charge in [-0.25, -0.2) is 0 Å². The monoisotopic (exact) mass is 210 g/mol. The molecule has 0 spiro atoms. The number of carbonyl (C=O) groups is 1. The van der Waals surface area contributed by atoms with Crippen molar-refractivity contribution < 1.29 is 4.79 Å². The summed E-state index contributed by atoms with van der Waals surface area (Å²) in [6.45, 7) is 4.22. The van der Waals surface area contributed by atoms with Gasteiger partial charge in [-0.05, 0) is 29.0 Å². The van der Waals surface area contributed by atoms with Crippen LogP contribution in [-0.2, 0) is 4.79 Å². The van der Waals surface area contributed by atoms with E-state index in [-0.39, 0.29) is 11.2 Å². The van der Waals surface area contributed by atoms with Crippen molar-refractivity contribution in [3.8, 4) is 0 Å². The topological polar surface area (TPSA) is 17.1 Å². The largest absolute Gasteiger partial charge is 0.281 e. The van der Waals surface area contributed by atoms with E-state index >= 15 is 0 Å². The Labute approximate surface area is 90.1 Å². The number of halogens is 1. The average Bonchev–Trinajstić information content (AvgIpc) is 2.15. The second-order valence-corrected chi connectivity index (χ2v) is 4.24. The highest BCUT2D eigenvalue weighted by Crippen LogP contribution is 2.28. The molecule has 0 bridgehead atoms. The maximum atomic E-state index is 10.9. The molecule has 0 aliphatic rings. The van der Waals surface area contributed by atoms with Crippen molar-refractivity contribution in [3.63, 3.8) is 0 Å². The van der Waals surface area contributed by atoms with Crippen LogP contribution in [0, 0.1) is 5.92 Å². The first-order valence-corrected chi connectivity index (χ1v) is 5.22. The molecule has 0 saturated carbocycles. The van der Waals surface area contributed by atoms with Gasteiger partial charge in [0.15, 0.2) is 0 Å². The first-order chi connectivity index (χ1) is 6.61. The molecule has 14 heavy (non-hydrogen) atoms. The van der Waals surface area contributed by atoms with Crippen LogP contribution in [0.15, 0.2) is 30.3 Å². The van der Waals surface area contributed by atoms with Crippen molar-refractivity contribution in [2.24, 2.45) is 5.92 Å². The highest BCUT2D eigenvalue weighted by molar-refractivity contribution is 6.63. The predicted molar refractivity (Wildman–Crippen MR) is 59.5 cm³/mol. The van der Waals surface area contributed by atoms with Gasteiger partial charge < -0.3 is 0 Å². The van der Waals surface area contributed by atoms with Crippen molar-refractivity contribution in [2.45, 2.75) is 26.2 Å². The third kappa shape index (κ3) is 3.15. The SMILES string of the molecule is CC(C)C(CC(=O)Cl)c1ccccc1. The van der Waals surface area contributed by atoms with E-state index in [2.05, 4.69) is 13.8 Å². The summed E-state index contributed by atoms with van der Waals surface area (Å²) in [7, 11) is 0. The summed E-state index contributed by atoms with van der Waals surface area (Å²) in [5.41, 5.74) is 1.19. The quantitative estimate of drug-likeness (QED) is 0.695. The highest BCUT2D eigenvalue weighted by Gasteiger charge is 2.17. The lowest BCUT2D eigenvalue weighted by Crippen LogP contribution is -2.09. The van der Waals surface area contributed by atoms with E-state index < -0.39 is 0 Å². The second-order valence-electron chi connectivity index (χ2n) is 3.82. The van der Waals surface area contributed by atoms with Crippen LogP contribution in [-0.4, -0.2) is 5.24 Å².